The Labute approximate surface area is 162 Å². The van der Waals surface area contributed by atoms with Crippen LogP contribution in [0.4, 0.5) is 5.69 Å². The second-order valence-electron chi connectivity index (χ2n) is 5.96. The molecule has 0 heterocycles. The third-order valence-electron chi connectivity index (χ3n) is 3.88. The van der Waals surface area contributed by atoms with Gasteiger partial charge in [-0.25, -0.2) is 0 Å². The Morgan fingerprint density at radius 2 is 1.56 bits per heavy atom. The topological polar surface area (TPSA) is 55.4 Å². The first kappa shape index (κ1) is 18.7. The van der Waals surface area contributed by atoms with Crippen LogP contribution in [-0.2, 0) is 20.7 Å². The highest BCUT2D eigenvalue weighted by molar-refractivity contribution is 6.30. The molecule has 3 aromatic rings. The number of nitrogens with one attached hydrogen (secondary N) is 1. The van der Waals surface area contributed by atoms with E-state index in [1.165, 1.54) is 0 Å². The number of ether oxygens (including phenoxy) is 1. The zero-order valence-corrected chi connectivity index (χ0v) is 15.3. The second-order valence-corrected chi connectivity index (χ2v) is 6.40. The summed E-state index contributed by atoms with van der Waals surface area (Å²) in [5, 5.41) is 3.14. The molecule has 0 aromatic heterocycles. The van der Waals surface area contributed by atoms with E-state index in [0.717, 1.165) is 16.7 Å². The lowest BCUT2D eigenvalue weighted by molar-refractivity contribution is -0.146. The Balaban J connectivity index is 1.48. The lowest BCUT2D eigenvalue weighted by atomic mass is 10.0. The van der Waals surface area contributed by atoms with E-state index in [4.69, 9.17) is 16.3 Å². The van der Waals surface area contributed by atoms with Gasteiger partial charge in [-0.15, -0.1) is 0 Å². The second kappa shape index (κ2) is 9.01. The maximum absolute atomic E-state index is 12.0. The average Bonchev–Trinajstić information content (AvgIpc) is 2.68. The Morgan fingerprint density at radius 1 is 0.852 bits per heavy atom. The smallest absolute Gasteiger partial charge is 0.310 e. The highest BCUT2D eigenvalue weighted by atomic mass is 35.5. The average molecular weight is 380 g/mol. The zero-order valence-electron chi connectivity index (χ0n) is 14.5. The number of halogens is 1. The molecule has 3 aromatic carbocycles. The standard InChI is InChI=1S/C22H18ClNO3/c23-19-7-4-8-20(14-19)24-21(25)15-27-22(26)13-16-9-11-18(12-10-16)17-5-2-1-3-6-17/h1-12,14H,13,15H2,(H,24,25). The van der Waals surface area contributed by atoms with Crippen LogP contribution in [0.15, 0.2) is 78.9 Å². The molecule has 0 saturated carbocycles. The maximum Gasteiger partial charge on any atom is 0.310 e. The molecule has 0 saturated heterocycles. The fraction of sp³-hybridized carbons (Fsp3) is 0.0909. The molecular weight excluding hydrogens is 362 g/mol. The Hall–Kier alpha value is -3.11. The minimum absolute atomic E-state index is 0.111. The van der Waals surface area contributed by atoms with Crippen molar-refractivity contribution in [1.82, 2.24) is 0 Å². The van der Waals surface area contributed by atoms with Crippen molar-refractivity contribution in [1.29, 1.82) is 0 Å². The van der Waals surface area contributed by atoms with Gasteiger partial charge in [0, 0.05) is 10.7 Å². The lowest BCUT2D eigenvalue weighted by Crippen LogP contribution is -2.21. The molecule has 0 aliphatic rings. The molecule has 0 aliphatic carbocycles. The van der Waals surface area contributed by atoms with Crippen LogP contribution >= 0.6 is 11.6 Å². The number of amides is 1. The van der Waals surface area contributed by atoms with E-state index in [2.05, 4.69) is 5.32 Å². The number of benzene rings is 3. The predicted molar refractivity (Wildman–Crippen MR) is 107 cm³/mol. The predicted octanol–water partition coefficient (Wildman–Crippen LogP) is 4.73. The summed E-state index contributed by atoms with van der Waals surface area (Å²) >= 11 is 5.86. The summed E-state index contributed by atoms with van der Waals surface area (Å²) in [6.45, 7) is -0.340. The van der Waals surface area contributed by atoms with E-state index in [0.29, 0.717) is 10.7 Å². The maximum atomic E-state index is 12.0. The summed E-state index contributed by atoms with van der Waals surface area (Å²) in [6, 6.07) is 24.4. The molecule has 0 unspecified atom stereocenters. The van der Waals surface area contributed by atoms with Crippen molar-refractivity contribution >= 4 is 29.2 Å². The largest absolute Gasteiger partial charge is 0.455 e. The molecule has 27 heavy (non-hydrogen) atoms. The number of rotatable bonds is 6. The van der Waals surface area contributed by atoms with Crippen molar-refractivity contribution in [3.05, 3.63) is 89.4 Å². The first-order valence-electron chi connectivity index (χ1n) is 8.45. The molecule has 5 heteroatoms. The fourth-order valence-corrected chi connectivity index (χ4v) is 2.76. The third-order valence-corrected chi connectivity index (χ3v) is 4.12. The van der Waals surface area contributed by atoms with E-state index in [9.17, 15) is 9.59 Å². The van der Waals surface area contributed by atoms with E-state index < -0.39 is 11.9 Å². The van der Waals surface area contributed by atoms with Crippen LogP contribution in [0, 0.1) is 0 Å². The van der Waals surface area contributed by atoms with Crippen molar-refractivity contribution in [3.8, 4) is 11.1 Å². The summed E-state index contributed by atoms with van der Waals surface area (Å²) in [5.41, 5.74) is 3.58. The van der Waals surface area contributed by atoms with Gasteiger partial charge in [-0.1, -0.05) is 72.3 Å². The Bertz CT molecular complexity index is 924. The molecule has 0 atom stereocenters. The summed E-state index contributed by atoms with van der Waals surface area (Å²) in [5.74, 6) is -0.867. The van der Waals surface area contributed by atoms with Crippen LogP contribution in [0.2, 0.25) is 5.02 Å². The van der Waals surface area contributed by atoms with E-state index in [1.54, 1.807) is 24.3 Å². The number of hydrogen-bond acceptors (Lipinski definition) is 3. The first-order chi connectivity index (χ1) is 13.1. The molecule has 1 amide bonds. The quantitative estimate of drug-likeness (QED) is 0.630. The van der Waals surface area contributed by atoms with E-state index >= 15 is 0 Å². The Morgan fingerprint density at radius 3 is 2.26 bits per heavy atom. The number of carbonyl (C=O) groups excluding carboxylic acids is 2. The first-order valence-corrected chi connectivity index (χ1v) is 8.83. The van der Waals surface area contributed by atoms with Gasteiger partial charge in [0.25, 0.3) is 5.91 Å². The molecule has 0 bridgehead atoms. The van der Waals surface area contributed by atoms with Gasteiger partial charge in [-0.05, 0) is 34.9 Å². The Kier molecular flexibility index (Phi) is 6.23. The number of carbonyl (C=O) groups is 2. The minimum atomic E-state index is -0.455. The van der Waals surface area contributed by atoms with Gasteiger partial charge >= 0.3 is 5.97 Å². The van der Waals surface area contributed by atoms with Gasteiger partial charge in [0.2, 0.25) is 0 Å². The zero-order chi connectivity index (χ0) is 19.1. The molecule has 0 aliphatic heterocycles. The molecule has 0 fully saturated rings. The van der Waals surface area contributed by atoms with Crippen molar-refractivity contribution in [2.45, 2.75) is 6.42 Å². The van der Waals surface area contributed by atoms with Crippen LogP contribution in [0.5, 0.6) is 0 Å². The van der Waals surface area contributed by atoms with Gasteiger partial charge in [0.05, 0.1) is 6.42 Å². The molecule has 136 valence electrons. The monoisotopic (exact) mass is 379 g/mol. The van der Waals surface area contributed by atoms with Crippen molar-refractivity contribution in [2.24, 2.45) is 0 Å². The van der Waals surface area contributed by atoms with Crippen molar-refractivity contribution in [3.63, 3.8) is 0 Å². The van der Waals surface area contributed by atoms with E-state index in [1.807, 2.05) is 54.6 Å². The number of hydrogen-bond donors (Lipinski definition) is 1. The van der Waals surface area contributed by atoms with E-state index in [-0.39, 0.29) is 13.0 Å². The molecular formula is C22H18ClNO3. The fourth-order valence-electron chi connectivity index (χ4n) is 2.57. The van der Waals surface area contributed by atoms with Crippen LogP contribution in [-0.4, -0.2) is 18.5 Å². The number of anilines is 1. The molecule has 4 nitrogen and oxygen atoms in total. The summed E-state index contributed by atoms with van der Waals surface area (Å²) in [4.78, 5) is 23.8. The normalized spacial score (nSPS) is 10.3. The summed E-state index contributed by atoms with van der Waals surface area (Å²) in [6.07, 6.45) is 0.111. The SMILES string of the molecule is O=C(COC(=O)Cc1ccc(-c2ccccc2)cc1)Nc1cccc(Cl)c1. The van der Waals surface area contributed by atoms with Gasteiger partial charge in [-0.2, -0.15) is 0 Å². The van der Waals surface area contributed by atoms with Crippen LogP contribution < -0.4 is 5.32 Å². The number of esters is 1. The highest BCUT2D eigenvalue weighted by Crippen LogP contribution is 2.19. The van der Waals surface area contributed by atoms with Crippen molar-refractivity contribution in [2.75, 3.05) is 11.9 Å². The van der Waals surface area contributed by atoms with Gasteiger partial charge in [-0.3, -0.25) is 9.59 Å². The van der Waals surface area contributed by atoms with Crippen LogP contribution in [0.3, 0.4) is 0 Å². The summed E-state index contributed by atoms with van der Waals surface area (Å²) < 4.78 is 5.04. The molecule has 0 radical (unpaired) electrons. The summed E-state index contributed by atoms with van der Waals surface area (Å²) in [7, 11) is 0. The van der Waals surface area contributed by atoms with Gasteiger partial charge < -0.3 is 10.1 Å². The lowest BCUT2D eigenvalue weighted by Gasteiger charge is -2.07. The molecule has 1 N–H and O–H groups in total. The minimum Gasteiger partial charge on any atom is -0.455 e. The van der Waals surface area contributed by atoms with Crippen LogP contribution in [0.1, 0.15) is 5.56 Å². The van der Waals surface area contributed by atoms with Crippen LogP contribution in [0.25, 0.3) is 11.1 Å². The van der Waals surface area contributed by atoms with Crippen molar-refractivity contribution < 1.29 is 14.3 Å². The molecule has 3 rings (SSSR count). The highest BCUT2D eigenvalue weighted by Gasteiger charge is 2.09. The van der Waals surface area contributed by atoms with Gasteiger partial charge in [0.15, 0.2) is 6.61 Å². The molecule has 0 spiro atoms. The van der Waals surface area contributed by atoms with Gasteiger partial charge in [0.1, 0.15) is 0 Å². The third kappa shape index (κ3) is 5.69.